The largest absolute Gasteiger partial charge is 0.311 e. The molecule has 3 rings (SSSR count). The Morgan fingerprint density at radius 3 is 2.39 bits per heavy atom. The Labute approximate surface area is 188 Å². The van der Waals surface area contributed by atoms with Crippen LogP contribution in [-0.4, -0.2) is 64.8 Å². The Kier molecular flexibility index (Phi) is 6.78. The molecular weight excluding hydrogens is 462 g/mol. The molecule has 0 bridgehead atoms. The summed E-state index contributed by atoms with van der Waals surface area (Å²) in [6.45, 7) is -0.0183. The van der Waals surface area contributed by atoms with Crippen LogP contribution >= 0.6 is 11.6 Å². The van der Waals surface area contributed by atoms with Crippen molar-refractivity contribution in [3.8, 4) is 0 Å². The zero-order chi connectivity index (χ0) is 23.0. The van der Waals surface area contributed by atoms with Crippen LogP contribution in [0.25, 0.3) is 0 Å². The Morgan fingerprint density at radius 2 is 1.77 bits per heavy atom. The topological polar surface area (TPSA) is 95.1 Å². The average molecular weight is 486 g/mol. The van der Waals surface area contributed by atoms with E-state index in [4.69, 9.17) is 11.6 Å². The van der Waals surface area contributed by atoms with E-state index in [0.717, 1.165) is 20.4 Å². The monoisotopic (exact) mass is 485 g/mol. The second kappa shape index (κ2) is 8.87. The van der Waals surface area contributed by atoms with E-state index in [9.17, 15) is 21.6 Å². The van der Waals surface area contributed by atoms with Crippen LogP contribution in [0.3, 0.4) is 0 Å². The molecule has 1 aliphatic heterocycles. The lowest BCUT2D eigenvalue weighted by Crippen LogP contribution is -2.41. The Bertz CT molecular complexity index is 1210. The quantitative estimate of drug-likeness (QED) is 0.597. The van der Waals surface area contributed by atoms with Crippen LogP contribution in [0.1, 0.15) is 11.1 Å². The summed E-state index contributed by atoms with van der Waals surface area (Å²) in [5, 5.41) is 0.421. The predicted molar refractivity (Wildman–Crippen MR) is 120 cm³/mol. The second-order valence-corrected chi connectivity index (χ2v) is 12.0. The van der Waals surface area contributed by atoms with Crippen molar-refractivity contribution < 1.29 is 21.6 Å². The van der Waals surface area contributed by atoms with Gasteiger partial charge >= 0.3 is 0 Å². The third-order valence-corrected chi connectivity index (χ3v) is 8.49. The van der Waals surface area contributed by atoms with E-state index in [0.29, 0.717) is 29.2 Å². The van der Waals surface area contributed by atoms with Crippen LogP contribution in [0.2, 0.25) is 5.02 Å². The summed E-state index contributed by atoms with van der Waals surface area (Å²) in [5.41, 5.74) is 1.92. The number of sulfonamides is 2. The molecule has 0 N–H and O–H groups in total. The number of benzene rings is 2. The molecule has 0 aromatic heterocycles. The van der Waals surface area contributed by atoms with Crippen molar-refractivity contribution in [1.29, 1.82) is 0 Å². The van der Waals surface area contributed by atoms with Gasteiger partial charge in [0.2, 0.25) is 26.0 Å². The van der Waals surface area contributed by atoms with Gasteiger partial charge in [0, 0.05) is 37.9 Å². The summed E-state index contributed by atoms with van der Waals surface area (Å²) in [5.74, 6) is -0.389. The minimum Gasteiger partial charge on any atom is -0.311 e. The van der Waals surface area contributed by atoms with Gasteiger partial charge in [0.15, 0.2) is 0 Å². The highest BCUT2D eigenvalue weighted by atomic mass is 35.5. The first-order valence-corrected chi connectivity index (χ1v) is 13.1. The van der Waals surface area contributed by atoms with Crippen molar-refractivity contribution in [1.82, 2.24) is 8.61 Å². The van der Waals surface area contributed by atoms with E-state index in [2.05, 4.69) is 0 Å². The van der Waals surface area contributed by atoms with Gasteiger partial charge in [-0.25, -0.2) is 21.1 Å². The number of amides is 1. The van der Waals surface area contributed by atoms with Crippen molar-refractivity contribution in [2.75, 3.05) is 38.3 Å². The SMILES string of the molecule is CN(C)S(=O)(=O)c1ccc2c(c1)CCN2C(=O)CN(Cc1ccccc1Cl)S(C)(=O)=O. The fraction of sp³-hybridized carbons (Fsp3) is 0.350. The summed E-state index contributed by atoms with van der Waals surface area (Å²) in [6, 6.07) is 11.5. The van der Waals surface area contributed by atoms with Gasteiger partial charge in [-0.15, -0.1) is 0 Å². The highest BCUT2D eigenvalue weighted by Gasteiger charge is 2.30. The Balaban J connectivity index is 1.83. The summed E-state index contributed by atoms with van der Waals surface area (Å²) in [7, 11) is -4.35. The van der Waals surface area contributed by atoms with Crippen molar-refractivity contribution in [3.05, 3.63) is 58.6 Å². The molecule has 31 heavy (non-hydrogen) atoms. The van der Waals surface area contributed by atoms with Gasteiger partial charge in [0.1, 0.15) is 0 Å². The maximum Gasteiger partial charge on any atom is 0.242 e. The van der Waals surface area contributed by atoms with Gasteiger partial charge in [-0.3, -0.25) is 4.79 Å². The lowest BCUT2D eigenvalue weighted by molar-refractivity contribution is -0.118. The zero-order valence-electron chi connectivity index (χ0n) is 17.4. The highest BCUT2D eigenvalue weighted by molar-refractivity contribution is 7.89. The van der Waals surface area contributed by atoms with E-state index >= 15 is 0 Å². The van der Waals surface area contributed by atoms with Crippen molar-refractivity contribution in [2.45, 2.75) is 17.9 Å². The smallest absolute Gasteiger partial charge is 0.242 e. The molecule has 1 heterocycles. The molecule has 2 aromatic carbocycles. The van der Waals surface area contributed by atoms with E-state index in [1.54, 1.807) is 36.4 Å². The normalized spacial score (nSPS) is 14.3. The lowest BCUT2D eigenvalue weighted by atomic mass is 10.2. The van der Waals surface area contributed by atoms with Crippen LogP contribution < -0.4 is 4.90 Å². The van der Waals surface area contributed by atoms with Crippen LogP contribution in [0.5, 0.6) is 0 Å². The zero-order valence-corrected chi connectivity index (χ0v) is 19.8. The number of halogens is 1. The Hall–Kier alpha value is -1.98. The number of nitrogens with zero attached hydrogens (tertiary/aromatic N) is 3. The van der Waals surface area contributed by atoms with Gasteiger partial charge in [0.05, 0.1) is 17.7 Å². The Morgan fingerprint density at radius 1 is 1.10 bits per heavy atom. The second-order valence-electron chi connectivity index (χ2n) is 7.50. The predicted octanol–water partition coefficient (Wildman–Crippen LogP) is 1.94. The molecule has 0 saturated heterocycles. The number of rotatable bonds is 7. The van der Waals surface area contributed by atoms with Gasteiger partial charge < -0.3 is 4.90 Å². The maximum atomic E-state index is 13.0. The van der Waals surface area contributed by atoms with Crippen molar-refractivity contribution >= 4 is 43.2 Å². The first-order chi connectivity index (χ1) is 14.4. The van der Waals surface area contributed by atoms with E-state index < -0.39 is 20.0 Å². The number of carbonyl (C=O) groups excluding carboxylic acids is 1. The molecule has 0 radical (unpaired) electrons. The number of carbonyl (C=O) groups is 1. The molecule has 0 saturated carbocycles. The molecule has 0 atom stereocenters. The van der Waals surface area contributed by atoms with Gasteiger partial charge in [-0.1, -0.05) is 29.8 Å². The van der Waals surface area contributed by atoms with Crippen LogP contribution in [0, 0.1) is 0 Å². The van der Waals surface area contributed by atoms with Crippen molar-refractivity contribution in [3.63, 3.8) is 0 Å². The molecule has 8 nitrogen and oxygen atoms in total. The minimum atomic E-state index is -3.68. The van der Waals surface area contributed by atoms with E-state index in [-0.39, 0.29) is 23.9 Å². The number of fused-ring (bicyclic) bond motifs is 1. The molecule has 0 aliphatic carbocycles. The van der Waals surface area contributed by atoms with Gasteiger partial charge in [-0.05, 0) is 41.8 Å². The maximum absolute atomic E-state index is 13.0. The molecule has 0 fully saturated rings. The summed E-state index contributed by atoms with van der Waals surface area (Å²) >= 11 is 6.15. The van der Waals surface area contributed by atoms with Crippen LogP contribution in [-0.2, 0) is 37.8 Å². The third kappa shape index (κ3) is 5.09. The molecule has 11 heteroatoms. The molecule has 0 spiro atoms. The molecule has 168 valence electrons. The lowest BCUT2D eigenvalue weighted by Gasteiger charge is -2.24. The molecular formula is C20H24ClN3O5S2. The van der Waals surface area contributed by atoms with Crippen molar-refractivity contribution in [2.24, 2.45) is 0 Å². The summed E-state index contributed by atoms with van der Waals surface area (Å²) < 4.78 is 51.5. The molecule has 0 unspecified atom stereocenters. The molecule has 1 amide bonds. The highest BCUT2D eigenvalue weighted by Crippen LogP contribution is 2.31. The number of hydrogen-bond acceptors (Lipinski definition) is 5. The van der Waals surface area contributed by atoms with Crippen LogP contribution in [0.15, 0.2) is 47.4 Å². The summed E-state index contributed by atoms with van der Waals surface area (Å²) in [6.07, 6.45) is 1.54. The van der Waals surface area contributed by atoms with E-state index in [1.807, 2.05) is 0 Å². The fourth-order valence-corrected chi connectivity index (χ4v) is 5.22. The van der Waals surface area contributed by atoms with Gasteiger partial charge in [-0.2, -0.15) is 4.31 Å². The van der Waals surface area contributed by atoms with Crippen LogP contribution in [0.4, 0.5) is 5.69 Å². The summed E-state index contributed by atoms with van der Waals surface area (Å²) in [4.78, 5) is 14.6. The first kappa shape index (κ1) is 23.7. The number of hydrogen-bond donors (Lipinski definition) is 0. The molecule has 1 aliphatic rings. The fourth-order valence-electron chi connectivity index (χ4n) is 3.35. The third-order valence-electron chi connectivity index (χ3n) is 5.11. The minimum absolute atomic E-state index is 0.0229. The average Bonchev–Trinajstić information content (AvgIpc) is 3.11. The number of anilines is 1. The van der Waals surface area contributed by atoms with Gasteiger partial charge in [0.25, 0.3) is 0 Å². The first-order valence-electron chi connectivity index (χ1n) is 9.45. The van der Waals surface area contributed by atoms with E-state index in [1.165, 1.54) is 25.1 Å². The molecule has 2 aromatic rings. The standard InChI is InChI=1S/C20H24ClN3O5S2/c1-22(2)31(28,29)17-8-9-19-15(12-17)10-11-24(19)20(25)14-23(30(3,26)27)13-16-6-4-5-7-18(16)21/h4-9,12H,10-11,13-14H2,1-3H3.